The molecule has 8 aromatic rings. The number of rotatable bonds is 6. The fourth-order valence-corrected chi connectivity index (χ4v) is 11.6. The minimum Gasteiger partial charge on any atom is -0.297 e. The summed E-state index contributed by atoms with van der Waals surface area (Å²) in [6.07, 6.45) is 1.82. The van der Waals surface area contributed by atoms with E-state index in [-0.39, 0.29) is 0 Å². The Bertz CT molecular complexity index is 2380. The summed E-state index contributed by atoms with van der Waals surface area (Å²) in [6.45, 7) is 0. The Kier molecular flexibility index (Phi) is 7.85. The molecule has 0 amide bonds. The van der Waals surface area contributed by atoms with Gasteiger partial charge in [0.2, 0.25) is 0 Å². The molecule has 0 atom stereocenters. The topological polar surface area (TPSA) is 34.1 Å². The van der Waals surface area contributed by atoms with E-state index in [2.05, 4.69) is 96.5 Å². The summed E-state index contributed by atoms with van der Waals surface area (Å²) in [6, 6.07) is 33.1. The van der Waals surface area contributed by atoms with Crippen molar-refractivity contribution in [1.29, 1.82) is 0 Å². The highest BCUT2D eigenvalue weighted by molar-refractivity contribution is 7.29. The van der Waals surface area contributed by atoms with Gasteiger partial charge in [-0.05, 0) is 72.2 Å². The molecule has 0 aliphatic rings. The molecule has 0 aliphatic carbocycles. The molecular formula is C38H18O2S6. The van der Waals surface area contributed by atoms with Crippen molar-refractivity contribution in [3.63, 3.8) is 0 Å². The zero-order chi connectivity index (χ0) is 31.0. The van der Waals surface area contributed by atoms with Crippen LogP contribution in [0, 0.1) is 23.7 Å². The molecule has 0 saturated carbocycles. The second-order valence-electron chi connectivity index (χ2n) is 10.1. The van der Waals surface area contributed by atoms with Crippen molar-refractivity contribution in [1.82, 2.24) is 0 Å². The second-order valence-corrected chi connectivity index (χ2v) is 16.5. The molecule has 0 spiro atoms. The van der Waals surface area contributed by atoms with Gasteiger partial charge in [0.1, 0.15) is 0 Å². The van der Waals surface area contributed by atoms with Gasteiger partial charge in [-0.3, -0.25) is 9.59 Å². The number of thiophene rings is 6. The van der Waals surface area contributed by atoms with E-state index < -0.39 is 0 Å². The van der Waals surface area contributed by atoms with Gasteiger partial charge in [0.25, 0.3) is 0 Å². The highest BCUT2D eigenvalue weighted by atomic mass is 32.1. The zero-order valence-corrected chi connectivity index (χ0v) is 28.6. The molecule has 0 aliphatic heterocycles. The van der Waals surface area contributed by atoms with Crippen LogP contribution in [0.15, 0.2) is 97.1 Å². The standard InChI is InChI=1S/C38H18O2S6/c39-21-25-15-19-33(43-25)37-29-11-5-3-9-27(29)35(45-37)31-17-13-23(41-31)7-1-2-8-24-14-18-32(42-24)36-28-10-4-6-12-30(28)38(46-36)34-20-16-26(22-40)44-34/h3-6,9-22H. The lowest BCUT2D eigenvalue weighted by atomic mass is 10.1. The van der Waals surface area contributed by atoms with Crippen LogP contribution in [0.5, 0.6) is 0 Å². The number of hydrogen-bond donors (Lipinski definition) is 0. The molecule has 0 radical (unpaired) electrons. The average Bonchev–Trinajstić information content (AvgIpc) is 3.94. The minimum atomic E-state index is 0.737. The van der Waals surface area contributed by atoms with Crippen LogP contribution in [0.1, 0.15) is 29.1 Å². The number of hydrogen-bond acceptors (Lipinski definition) is 8. The monoisotopic (exact) mass is 698 g/mol. The van der Waals surface area contributed by atoms with Gasteiger partial charge in [-0.15, -0.1) is 68.0 Å². The van der Waals surface area contributed by atoms with Crippen LogP contribution < -0.4 is 0 Å². The summed E-state index contributed by atoms with van der Waals surface area (Å²) in [7, 11) is 0. The van der Waals surface area contributed by atoms with Crippen molar-refractivity contribution in [2.24, 2.45) is 0 Å². The lowest BCUT2D eigenvalue weighted by molar-refractivity contribution is 0.111. The molecule has 8 heteroatoms. The summed E-state index contributed by atoms with van der Waals surface area (Å²) in [5.74, 6) is 12.6. The van der Waals surface area contributed by atoms with Gasteiger partial charge in [-0.2, -0.15) is 0 Å². The van der Waals surface area contributed by atoms with Crippen LogP contribution in [0.2, 0.25) is 0 Å². The fraction of sp³-hybridized carbons (Fsp3) is 0. The Labute approximate surface area is 288 Å². The first-order valence-electron chi connectivity index (χ1n) is 14.0. The quantitative estimate of drug-likeness (QED) is 0.128. The second kappa shape index (κ2) is 12.4. The number of fused-ring (bicyclic) bond motifs is 2. The van der Waals surface area contributed by atoms with Gasteiger partial charge in [-0.1, -0.05) is 48.5 Å². The van der Waals surface area contributed by atoms with E-state index in [0.717, 1.165) is 41.8 Å². The Morgan fingerprint density at radius 2 is 0.739 bits per heavy atom. The number of aldehydes is 2. The van der Waals surface area contributed by atoms with Crippen LogP contribution in [0.3, 0.4) is 0 Å². The summed E-state index contributed by atoms with van der Waals surface area (Å²) >= 11 is 9.93. The van der Waals surface area contributed by atoms with E-state index in [9.17, 15) is 9.59 Å². The van der Waals surface area contributed by atoms with Crippen molar-refractivity contribution < 1.29 is 9.59 Å². The van der Waals surface area contributed by atoms with Crippen molar-refractivity contribution in [2.45, 2.75) is 0 Å². The summed E-state index contributed by atoms with van der Waals surface area (Å²) in [5, 5.41) is 4.83. The number of carbonyl (C=O) groups excluding carboxylic acids is 2. The Morgan fingerprint density at radius 3 is 1.09 bits per heavy atom. The van der Waals surface area contributed by atoms with Crippen molar-refractivity contribution in [2.75, 3.05) is 0 Å². The largest absolute Gasteiger partial charge is 0.297 e. The maximum Gasteiger partial charge on any atom is 0.160 e. The van der Waals surface area contributed by atoms with E-state index in [4.69, 9.17) is 0 Å². The first-order valence-corrected chi connectivity index (χ1v) is 18.9. The molecule has 218 valence electrons. The SMILES string of the molecule is O=Cc1ccc(-c2sc(-c3ccc(C#CC#Cc4ccc(-c5sc(-c6ccc(C=O)s6)c6ccccc56)s4)s3)c3ccccc23)s1. The molecule has 0 unspecified atom stereocenters. The smallest absolute Gasteiger partial charge is 0.160 e. The van der Waals surface area contributed by atoms with Gasteiger partial charge in [0.15, 0.2) is 12.6 Å². The van der Waals surface area contributed by atoms with Crippen molar-refractivity contribution in [3.05, 3.63) is 117 Å². The molecular weight excluding hydrogens is 681 g/mol. The lowest BCUT2D eigenvalue weighted by Gasteiger charge is -1.94. The molecule has 46 heavy (non-hydrogen) atoms. The molecule has 0 fully saturated rings. The predicted octanol–water partition coefficient (Wildman–Crippen LogP) is 12.1. The molecule has 2 nitrogen and oxygen atoms in total. The number of carbonyl (C=O) groups is 2. The molecule has 0 bridgehead atoms. The minimum absolute atomic E-state index is 0.737. The van der Waals surface area contributed by atoms with Crippen LogP contribution >= 0.6 is 68.0 Å². The van der Waals surface area contributed by atoms with Gasteiger partial charge in [0, 0.05) is 41.1 Å². The Morgan fingerprint density at radius 1 is 0.391 bits per heavy atom. The third-order valence-electron chi connectivity index (χ3n) is 7.27. The van der Waals surface area contributed by atoms with Crippen LogP contribution in [0.25, 0.3) is 60.6 Å². The zero-order valence-electron chi connectivity index (χ0n) is 23.7. The molecule has 6 heterocycles. The van der Waals surface area contributed by atoms with Crippen LogP contribution in [0.4, 0.5) is 0 Å². The maximum absolute atomic E-state index is 11.3. The van der Waals surface area contributed by atoms with Gasteiger partial charge < -0.3 is 0 Å². The summed E-state index contributed by atoms with van der Waals surface area (Å²) < 4.78 is 0. The van der Waals surface area contributed by atoms with Gasteiger partial charge in [-0.25, -0.2) is 0 Å². The van der Waals surface area contributed by atoms with E-state index in [1.54, 1.807) is 45.3 Å². The third kappa shape index (κ3) is 5.40. The molecule has 6 aromatic heterocycles. The first kappa shape index (κ1) is 29.1. The third-order valence-corrected chi connectivity index (χ3v) is 14.5. The first-order chi connectivity index (χ1) is 22.7. The molecule has 0 saturated heterocycles. The molecule has 2 aromatic carbocycles. The van der Waals surface area contributed by atoms with Gasteiger partial charge >= 0.3 is 0 Å². The number of benzene rings is 2. The average molecular weight is 699 g/mol. The van der Waals surface area contributed by atoms with Crippen molar-refractivity contribution in [3.8, 4) is 62.7 Å². The van der Waals surface area contributed by atoms with Crippen LogP contribution in [-0.2, 0) is 0 Å². The van der Waals surface area contributed by atoms with Gasteiger partial charge in [0.05, 0.1) is 39.0 Å². The Hall–Kier alpha value is -4.38. The molecule has 0 N–H and O–H groups in total. The van der Waals surface area contributed by atoms with E-state index >= 15 is 0 Å². The summed E-state index contributed by atoms with van der Waals surface area (Å²) in [5.41, 5.74) is 0. The highest BCUT2D eigenvalue weighted by Gasteiger charge is 2.18. The highest BCUT2D eigenvalue weighted by Crippen LogP contribution is 2.48. The fourth-order valence-electron chi connectivity index (χ4n) is 5.23. The van der Waals surface area contributed by atoms with Crippen LogP contribution in [-0.4, -0.2) is 12.6 Å². The van der Waals surface area contributed by atoms with E-state index in [1.807, 2.05) is 24.3 Å². The lowest BCUT2D eigenvalue weighted by Crippen LogP contribution is -1.68. The maximum atomic E-state index is 11.3. The molecule has 8 rings (SSSR count). The normalized spacial score (nSPS) is 10.9. The Balaban J connectivity index is 1.05. The van der Waals surface area contributed by atoms with E-state index in [0.29, 0.717) is 0 Å². The summed E-state index contributed by atoms with van der Waals surface area (Å²) in [4.78, 5) is 35.4. The predicted molar refractivity (Wildman–Crippen MR) is 201 cm³/mol. The van der Waals surface area contributed by atoms with Crippen molar-refractivity contribution >= 4 is 102 Å². The van der Waals surface area contributed by atoms with E-state index in [1.165, 1.54) is 73.5 Å².